The number of halogens is 1. The van der Waals surface area contributed by atoms with Gasteiger partial charge in [-0.3, -0.25) is 4.90 Å². The highest BCUT2D eigenvalue weighted by molar-refractivity contribution is 6.30. The van der Waals surface area contributed by atoms with Crippen molar-refractivity contribution in [2.45, 2.75) is 0 Å². The van der Waals surface area contributed by atoms with Crippen LogP contribution in [0.2, 0.25) is 5.02 Å². The maximum absolute atomic E-state index is 11.6. The zero-order valence-corrected chi connectivity index (χ0v) is 17.1. The van der Waals surface area contributed by atoms with Crippen LogP contribution in [0.4, 0.5) is 0 Å². The summed E-state index contributed by atoms with van der Waals surface area (Å²) in [5.41, 5.74) is 2.76. The Morgan fingerprint density at radius 3 is 2.60 bits per heavy atom. The maximum atomic E-state index is 11.6. The van der Waals surface area contributed by atoms with Gasteiger partial charge in [0.1, 0.15) is 12.2 Å². The van der Waals surface area contributed by atoms with Gasteiger partial charge < -0.3 is 14.6 Å². The molecule has 1 aromatic heterocycles. The molecule has 30 heavy (non-hydrogen) atoms. The van der Waals surface area contributed by atoms with Crippen LogP contribution in [0, 0.1) is 0 Å². The van der Waals surface area contributed by atoms with E-state index < -0.39 is 5.97 Å². The number of hydrogen-bond donors (Lipinski definition) is 1. The van der Waals surface area contributed by atoms with Gasteiger partial charge in [0.05, 0.1) is 25.1 Å². The molecule has 1 fully saturated rings. The van der Waals surface area contributed by atoms with Crippen LogP contribution in [0.25, 0.3) is 16.8 Å². The Morgan fingerprint density at radius 2 is 1.90 bits per heavy atom. The van der Waals surface area contributed by atoms with Gasteiger partial charge in [-0.1, -0.05) is 35.9 Å². The second-order valence-corrected chi connectivity index (χ2v) is 7.38. The summed E-state index contributed by atoms with van der Waals surface area (Å²) in [6.45, 7) is 4.17. The van der Waals surface area contributed by atoms with Crippen LogP contribution >= 0.6 is 11.6 Å². The van der Waals surface area contributed by atoms with E-state index in [-0.39, 0.29) is 11.4 Å². The quantitative estimate of drug-likeness (QED) is 0.620. The SMILES string of the molecule is O=C(O)c1cnn(-c2ccc(-c3cccc(Cl)c3)cc2)c1OCCN1CCOCC1. The molecular weight excluding hydrogens is 406 g/mol. The Labute approximate surface area is 179 Å². The zero-order valence-electron chi connectivity index (χ0n) is 16.3. The number of aromatic carboxylic acids is 1. The van der Waals surface area contributed by atoms with Crippen LogP contribution in [0.15, 0.2) is 54.7 Å². The van der Waals surface area contributed by atoms with Gasteiger partial charge in [-0.2, -0.15) is 5.10 Å². The molecule has 1 aliphatic heterocycles. The largest absolute Gasteiger partial charge is 0.477 e. The Balaban J connectivity index is 1.53. The molecule has 4 rings (SSSR count). The standard InChI is InChI=1S/C22H22ClN3O4/c23-18-3-1-2-17(14-18)16-4-6-19(7-5-16)26-21(20(15-24-26)22(27)28)30-13-10-25-8-11-29-12-9-25/h1-7,14-15H,8-13H2,(H,27,28). The second-order valence-electron chi connectivity index (χ2n) is 6.94. The van der Waals surface area contributed by atoms with Gasteiger partial charge in [0.15, 0.2) is 0 Å². The third-order valence-electron chi connectivity index (χ3n) is 4.98. The van der Waals surface area contributed by atoms with Crippen molar-refractivity contribution in [3.63, 3.8) is 0 Å². The third kappa shape index (κ3) is 4.64. The molecule has 0 radical (unpaired) electrons. The lowest BCUT2D eigenvalue weighted by atomic mass is 10.1. The summed E-state index contributed by atoms with van der Waals surface area (Å²) < 4.78 is 12.7. The first-order valence-corrected chi connectivity index (χ1v) is 10.1. The van der Waals surface area contributed by atoms with Gasteiger partial charge in [0, 0.05) is 24.7 Å². The number of morpholine rings is 1. The fourth-order valence-electron chi connectivity index (χ4n) is 3.37. The number of hydrogen-bond acceptors (Lipinski definition) is 5. The summed E-state index contributed by atoms with van der Waals surface area (Å²) in [5.74, 6) is -0.843. The molecule has 0 amide bonds. The van der Waals surface area contributed by atoms with Crippen LogP contribution in [0.5, 0.6) is 5.88 Å². The van der Waals surface area contributed by atoms with E-state index in [0.29, 0.717) is 31.4 Å². The van der Waals surface area contributed by atoms with Crippen molar-refractivity contribution >= 4 is 17.6 Å². The zero-order chi connectivity index (χ0) is 20.9. The number of aromatic nitrogens is 2. The number of benzene rings is 2. The summed E-state index contributed by atoms with van der Waals surface area (Å²) in [5, 5.41) is 14.4. The van der Waals surface area contributed by atoms with Crippen molar-refractivity contribution in [2.75, 3.05) is 39.5 Å². The molecule has 2 aromatic carbocycles. The molecular formula is C22H22ClN3O4. The molecule has 0 spiro atoms. The van der Waals surface area contributed by atoms with E-state index in [1.807, 2.05) is 48.5 Å². The van der Waals surface area contributed by atoms with Crippen LogP contribution in [-0.4, -0.2) is 65.2 Å². The Hall–Kier alpha value is -2.87. The number of ether oxygens (including phenoxy) is 2. The summed E-state index contributed by atoms with van der Waals surface area (Å²) in [6.07, 6.45) is 1.32. The van der Waals surface area contributed by atoms with Crippen LogP contribution < -0.4 is 4.74 Å². The van der Waals surface area contributed by atoms with Gasteiger partial charge in [-0.15, -0.1) is 0 Å². The molecule has 0 bridgehead atoms. The molecule has 3 aromatic rings. The molecule has 1 saturated heterocycles. The van der Waals surface area contributed by atoms with Crippen molar-refractivity contribution in [2.24, 2.45) is 0 Å². The molecule has 1 N–H and O–H groups in total. The van der Waals surface area contributed by atoms with Crippen molar-refractivity contribution in [1.82, 2.24) is 14.7 Å². The van der Waals surface area contributed by atoms with E-state index in [2.05, 4.69) is 10.00 Å². The molecule has 8 heteroatoms. The van der Waals surface area contributed by atoms with E-state index >= 15 is 0 Å². The molecule has 7 nitrogen and oxygen atoms in total. The van der Waals surface area contributed by atoms with Gasteiger partial charge in [0.2, 0.25) is 5.88 Å². The van der Waals surface area contributed by atoms with E-state index in [1.165, 1.54) is 10.9 Å². The summed E-state index contributed by atoms with van der Waals surface area (Å²) in [7, 11) is 0. The molecule has 0 saturated carbocycles. The normalized spacial score (nSPS) is 14.6. The number of carbonyl (C=O) groups is 1. The predicted octanol–water partition coefficient (Wildman–Crippen LogP) is 3.60. The minimum Gasteiger partial charge on any atom is -0.477 e. The number of nitrogens with zero attached hydrogens (tertiary/aromatic N) is 3. The van der Waals surface area contributed by atoms with Crippen molar-refractivity contribution < 1.29 is 19.4 Å². The van der Waals surface area contributed by atoms with E-state index in [0.717, 1.165) is 29.9 Å². The second kappa shape index (κ2) is 9.30. The first kappa shape index (κ1) is 20.4. The smallest absolute Gasteiger partial charge is 0.342 e. The third-order valence-corrected chi connectivity index (χ3v) is 5.21. The van der Waals surface area contributed by atoms with Crippen molar-refractivity contribution in [3.8, 4) is 22.7 Å². The van der Waals surface area contributed by atoms with E-state index in [4.69, 9.17) is 21.1 Å². The first-order chi connectivity index (χ1) is 14.6. The fourth-order valence-corrected chi connectivity index (χ4v) is 3.56. The van der Waals surface area contributed by atoms with Crippen LogP contribution in [0.1, 0.15) is 10.4 Å². The van der Waals surface area contributed by atoms with E-state index in [1.54, 1.807) is 0 Å². The van der Waals surface area contributed by atoms with Gasteiger partial charge in [-0.25, -0.2) is 9.48 Å². The van der Waals surface area contributed by atoms with Gasteiger partial charge in [0.25, 0.3) is 0 Å². The number of rotatable bonds is 7. The lowest BCUT2D eigenvalue weighted by Gasteiger charge is -2.26. The molecule has 0 aliphatic carbocycles. The first-order valence-electron chi connectivity index (χ1n) is 9.72. The van der Waals surface area contributed by atoms with Crippen molar-refractivity contribution in [3.05, 3.63) is 65.3 Å². The average molecular weight is 428 g/mol. The monoisotopic (exact) mass is 427 g/mol. The molecule has 2 heterocycles. The van der Waals surface area contributed by atoms with E-state index in [9.17, 15) is 9.90 Å². The highest BCUT2D eigenvalue weighted by Gasteiger charge is 2.20. The molecule has 0 atom stereocenters. The highest BCUT2D eigenvalue weighted by Crippen LogP contribution is 2.27. The van der Waals surface area contributed by atoms with Gasteiger partial charge in [-0.05, 0) is 35.4 Å². The predicted molar refractivity (Wildman–Crippen MR) is 114 cm³/mol. The number of carboxylic acids is 1. The Kier molecular flexibility index (Phi) is 6.32. The summed E-state index contributed by atoms with van der Waals surface area (Å²) in [4.78, 5) is 13.9. The maximum Gasteiger partial charge on any atom is 0.342 e. The van der Waals surface area contributed by atoms with Gasteiger partial charge >= 0.3 is 5.97 Å². The highest BCUT2D eigenvalue weighted by atomic mass is 35.5. The summed E-state index contributed by atoms with van der Waals surface area (Å²) >= 11 is 6.08. The topological polar surface area (TPSA) is 76.8 Å². The molecule has 156 valence electrons. The lowest BCUT2D eigenvalue weighted by Crippen LogP contribution is -2.38. The van der Waals surface area contributed by atoms with Crippen LogP contribution in [0.3, 0.4) is 0 Å². The number of carboxylic acid groups (broad SMARTS) is 1. The lowest BCUT2D eigenvalue weighted by molar-refractivity contribution is 0.0317. The average Bonchev–Trinajstić information content (AvgIpc) is 3.19. The van der Waals surface area contributed by atoms with Crippen molar-refractivity contribution in [1.29, 1.82) is 0 Å². The minimum atomic E-state index is -1.07. The molecule has 0 unspecified atom stereocenters. The Bertz CT molecular complexity index is 1010. The minimum absolute atomic E-state index is 0.0379. The Morgan fingerprint density at radius 1 is 1.13 bits per heavy atom. The fraction of sp³-hybridized carbons (Fsp3) is 0.273. The summed E-state index contributed by atoms with van der Waals surface area (Å²) in [6, 6.07) is 15.3. The molecule has 1 aliphatic rings. The van der Waals surface area contributed by atoms with Crippen LogP contribution in [-0.2, 0) is 4.74 Å².